The number of carbonyl (C=O) groups is 1. The van der Waals surface area contributed by atoms with E-state index >= 15 is 0 Å². The van der Waals surface area contributed by atoms with Gasteiger partial charge in [0.05, 0.1) is 48.9 Å². The Morgan fingerprint density at radius 1 is 1.17 bits per heavy atom. The maximum absolute atomic E-state index is 13.6. The number of aromatic nitrogens is 1. The summed E-state index contributed by atoms with van der Waals surface area (Å²) in [5.74, 6) is -0.415. The second-order valence-corrected chi connectivity index (χ2v) is 11.2. The molecule has 2 fully saturated rings. The number of pyridine rings is 1. The van der Waals surface area contributed by atoms with Crippen LogP contribution < -0.4 is 9.46 Å². The Bertz CT molecular complexity index is 1050. The molecule has 4 aliphatic rings. The summed E-state index contributed by atoms with van der Waals surface area (Å²) >= 11 is 0. The lowest BCUT2D eigenvalue weighted by Crippen LogP contribution is -2.51. The number of aliphatic hydroxyl groups excluding tert-OH is 1. The molecule has 3 unspecified atom stereocenters. The van der Waals surface area contributed by atoms with Crippen LogP contribution in [0.1, 0.15) is 49.3 Å². The van der Waals surface area contributed by atoms with Gasteiger partial charge in [0, 0.05) is 18.0 Å². The van der Waals surface area contributed by atoms with E-state index in [-0.39, 0.29) is 43.9 Å². The van der Waals surface area contributed by atoms with Gasteiger partial charge in [0.2, 0.25) is 15.9 Å². The van der Waals surface area contributed by atoms with Gasteiger partial charge in [-0.15, -0.1) is 0 Å². The first kappa shape index (κ1) is 26.9. The molecule has 0 aromatic carbocycles. The van der Waals surface area contributed by atoms with Crippen LogP contribution in [0.5, 0.6) is 5.88 Å². The van der Waals surface area contributed by atoms with E-state index in [2.05, 4.69) is 9.71 Å². The van der Waals surface area contributed by atoms with Gasteiger partial charge < -0.3 is 19.3 Å². The molecule has 4 heterocycles. The molecule has 2 N–H and O–H groups in total. The van der Waals surface area contributed by atoms with E-state index in [1.165, 1.54) is 4.90 Å². The van der Waals surface area contributed by atoms with E-state index in [1.54, 1.807) is 0 Å². The fourth-order valence-electron chi connectivity index (χ4n) is 5.25. The molecule has 0 radical (unpaired) electrons. The number of sulfonamides is 1. The highest BCUT2D eigenvalue weighted by Crippen LogP contribution is 2.41. The smallest absolute Gasteiger partial charge is 0.418 e. The van der Waals surface area contributed by atoms with Gasteiger partial charge in [-0.2, -0.15) is 13.2 Å². The van der Waals surface area contributed by atoms with Gasteiger partial charge in [0.25, 0.3) is 0 Å². The highest BCUT2D eigenvalue weighted by Gasteiger charge is 2.46. The van der Waals surface area contributed by atoms with Crippen LogP contribution in [-0.4, -0.2) is 86.4 Å². The Hall–Kier alpha value is -2.16. The fourth-order valence-corrected chi connectivity index (χ4v) is 6.05. The lowest BCUT2D eigenvalue weighted by molar-refractivity contribution is -0.138. The Kier molecular flexibility index (Phi) is 7.98. The number of alkyl halides is 3. The van der Waals surface area contributed by atoms with Crippen LogP contribution in [0.2, 0.25) is 0 Å². The number of hydrogen-bond donors (Lipinski definition) is 2. The van der Waals surface area contributed by atoms with Gasteiger partial charge in [-0.25, -0.2) is 22.9 Å². The number of fused-ring (bicyclic) bond motifs is 7. The van der Waals surface area contributed by atoms with Gasteiger partial charge >= 0.3 is 12.3 Å². The van der Waals surface area contributed by atoms with Crippen LogP contribution in [0.15, 0.2) is 12.1 Å². The molecule has 36 heavy (non-hydrogen) atoms. The third kappa shape index (κ3) is 6.21. The highest BCUT2D eigenvalue weighted by molar-refractivity contribution is 7.88. The first-order valence-corrected chi connectivity index (χ1v) is 13.7. The van der Waals surface area contributed by atoms with Crippen LogP contribution in [0.3, 0.4) is 0 Å². The maximum atomic E-state index is 13.6. The maximum Gasteiger partial charge on any atom is 0.418 e. The first-order valence-electron chi connectivity index (χ1n) is 11.8. The first-order chi connectivity index (χ1) is 17.0. The third-order valence-electron chi connectivity index (χ3n) is 6.86. The highest BCUT2D eigenvalue weighted by atomic mass is 32.2. The standard InChI is InChI=1S/C22H30F3N3O7S/c1-36(31,32)27-17-10-14(11-29)28-18(17)12-35-15-4-2-13(3-5-15)20-16(22(23,24)25)6-7-19(26-20)33-8-9-34-21(28)30/h6-7,13-15,17-18,27,29H,2-5,8-12H2,1H3. The minimum Gasteiger partial charge on any atom is -0.474 e. The molecule has 10 nitrogen and oxygen atoms in total. The van der Waals surface area contributed by atoms with E-state index in [1.807, 2.05) is 0 Å². The van der Waals surface area contributed by atoms with Crippen LogP contribution in [0, 0.1) is 0 Å². The number of halogens is 3. The molecular formula is C22H30F3N3O7S. The van der Waals surface area contributed by atoms with Crippen molar-refractivity contribution in [3.63, 3.8) is 0 Å². The van der Waals surface area contributed by atoms with Gasteiger partial charge in [-0.3, -0.25) is 4.90 Å². The molecule has 1 aromatic rings. The second kappa shape index (κ2) is 10.7. The normalized spacial score (nSPS) is 30.0. The Balaban J connectivity index is 1.60. The largest absolute Gasteiger partial charge is 0.474 e. The van der Waals surface area contributed by atoms with E-state index in [0.717, 1.165) is 18.4 Å². The van der Waals surface area contributed by atoms with Crippen molar-refractivity contribution in [3.8, 4) is 5.88 Å². The monoisotopic (exact) mass is 537 g/mol. The van der Waals surface area contributed by atoms with E-state index in [0.29, 0.717) is 25.7 Å². The zero-order valence-corrected chi connectivity index (χ0v) is 20.6. The lowest BCUT2D eigenvalue weighted by Gasteiger charge is -2.34. The number of ether oxygens (including phenoxy) is 3. The molecule has 202 valence electrons. The molecule has 1 saturated heterocycles. The third-order valence-corrected chi connectivity index (χ3v) is 7.59. The van der Waals surface area contributed by atoms with Crippen molar-refractivity contribution in [1.82, 2.24) is 14.6 Å². The van der Waals surface area contributed by atoms with E-state index < -0.39 is 58.5 Å². The van der Waals surface area contributed by atoms with Crippen LogP contribution in [0.25, 0.3) is 0 Å². The number of rotatable bonds is 3. The van der Waals surface area contributed by atoms with Crippen LogP contribution in [-0.2, 0) is 25.7 Å². The Labute approximate surface area is 207 Å². The summed E-state index contributed by atoms with van der Waals surface area (Å²) < 4.78 is 84.1. The van der Waals surface area contributed by atoms with Crippen molar-refractivity contribution in [2.75, 3.05) is 32.7 Å². The fraction of sp³-hybridized carbons (Fsp3) is 0.727. The van der Waals surface area contributed by atoms with Crippen molar-refractivity contribution >= 4 is 16.1 Å². The molecule has 1 aliphatic carbocycles. The number of carbonyl (C=O) groups excluding carboxylic acids is 1. The number of aliphatic hydroxyl groups is 1. The molecule has 4 bridgehead atoms. The number of nitrogens with zero attached hydrogens (tertiary/aromatic N) is 2. The number of amides is 1. The molecule has 1 amide bonds. The Morgan fingerprint density at radius 2 is 1.86 bits per heavy atom. The molecule has 3 atom stereocenters. The summed E-state index contributed by atoms with van der Waals surface area (Å²) in [6, 6.07) is -0.00629. The van der Waals surface area contributed by atoms with Crippen molar-refractivity contribution < 1.29 is 45.7 Å². The van der Waals surface area contributed by atoms with Crippen molar-refractivity contribution in [3.05, 3.63) is 23.4 Å². The van der Waals surface area contributed by atoms with Gasteiger partial charge in [0.15, 0.2) is 0 Å². The average molecular weight is 538 g/mol. The molecule has 1 saturated carbocycles. The van der Waals surface area contributed by atoms with Crippen molar-refractivity contribution in [2.45, 2.75) is 68.4 Å². The van der Waals surface area contributed by atoms with E-state index in [9.17, 15) is 31.5 Å². The van der Waals surface area contributed by atoms with Crippen LogP contribution in [0.4, 0.5) is 18.0 Å². The minimum absolute atomic E-state index is 0.00390. The molecule has 1 aromatic heterocycles. The van der Waals surface area contributed by atoms with E-state index in [4.69, 9.17) is 14.2 Å². The Morgan fingerprint density at radius 3 is 2.50 bits per heavy atom. The molecule has 0 spiro atoms. The van der Waals surface area contributed by atoms with Gasteiger partial charge in [0.1, 0.15) is 13.2 Å². The van der Waals surface area contributed by atoms with Gasteiger partial charge in [-0.05, 0) is 38.2 Å². The topological polar surface area (TPSA) is 127 Å². The molecular weight excluding hydrogens is 507 g/mol. The summed E-state index contributed by atoms with van der Waals surface area (Å²) in [5.41, 5.74) is -0.856. The van der Waals surface area contributed by atoms with Gasteiger partial charge in [-0.1, -0.05) is 0 Å². The summed E-state index contributed by atoms with van der Waals surface area (Å²) in [6.45, 7) is -0.797. The zero-order valence-electron chi connectivity index (χ0n) is 19.7. The predicted molar refractivity (Wildman–Crippen MR) is 120 cm³/mol. The summed E-state index contributed by atoms with van der Waals surface area (Å²) in [6.07, 6.45) is -2.65. The molecule has 14 heteroatoms. The summed E-state index contributed by atoms with van der Waals surface area (Å²) in [7, 11) is -3.62. The quantitative estimate of drug-likeness (QED) is 0.600. The van der Waals surface area contributed by atoms with Crippen molar-refractivity contribution in [2.24, 2.45) is 0 Å². The number of hydrogen-bond acceptors (Lipinski definition) is 8. The lowest BCUT2D eigenvalue weighted by atomic mass is 9.83. The van der Waals surface area contributed by atoms with Crippen LogP contribution >= 0.6 is 0 Å². The number of nitrogens with one attached hydrogen (secondary N) is 1. The summed E-state index contributed by atoms with van der Waals surface area (Å²) in [5, 5.41) is 9.86. The minimum atomic E-state index is -4.55. The van der Waals surface area contributed by atoms with Crippen molar-refractivity contribution in [1.29, 1.82) is 0 Å². The second-order valence-electron chi connectivity index (χ2n) is 9.39. The molecule has 5 rings (SSSR count). The predicted octanol–water partition coefficient (Wildman–Crippen LogP) is 2.03. The zero-order chi connectivity index (χ0) is 26.1. The SMILES string of the molecule is CS(=O)(=O)NC1CC(CO)N2C(=O)OCCOc3ccc(C(F)(F)F)c(n3)C3CCC(CC3)OCC12. The molecule has 3 aliphatic heterocycles. The average Bonchev–Trinajstić information content (AvgIpc) is 3.15. The summed E-state index contributed by atoms with van der Waals surface area (Å²) in [4.78, 5) is 18.4.